The number of nitro benzene ring substituents is 1. The monoisotopic (exact) mass is 624 g/mol. The molecule has 0 bridgehead atoms. The number of hydrogen-bond acceptors (Lipinski definition) is 8. The molecule has 10 nitrogen and oxygen atoms in total. The number of aliphatic carboxylic acids is 1. The third-order valence-electron chi connectivity index (χ3n) is 8.68. The molecular weight excluding hydrogens is 572 g/mol. The third-order valence-corrected chi connectivity index (χ3v) is 8.68. The number of rotatable bonds is 14. The smallest absolute Gasteiger partial charge is 0.320 e. The zero-order valence-electron chi connectivity index (χ0n) is 27.1. The topological polar surface area (TPSA) is 125 Å². The standard InChI is InChI=1S/C21H39N3O2.C8H7NO4.C6H6/c1-5-11-23(4)19-9-12-24(13-10-19)15-17-7-8-18(14-17)22-20(21(25)26)16(3)6-2;10-6-13-5-7-1-3-8(4-2-7)9(11)12;1-2-4-6-5-3-1/h5,16-20,22H,1,6-15H2,2-4H3,(H,25,26);1-4,6H,5H2;1-6H/t16?,17-,18?,20?;;/m1../s1. The van der Waals surface area contributed by atoms with Gasteiger partial charge in [0.2, 0.25) is 0 Å². The Bertz CT molecular complexity index is 1100. The lowest BCUT2D eigenvalue weighted by atomic mass is 9.97. The zero-order valence-corrected chi connectivity index (χ0v) is 27.1. The molecule has 4 rings (SSSR count). The van der Waals surface area contributed by atoms with E-state index < -0.39 is 16.9 Å². The van der Waals surface area contributed by atoms with E-state index in [1.807, 2.05) is 49.4 Å². The number of non-ortho nitro benzene ring substituents is 1. The average Bonchev–Trinajstić information content (AvgIpc) is 3.51. The Balaban J connectivity index is 0.000000304. The van der Waals surface area contributed by atoms with Gasteiger partial charge in [-0.2, -0.15) is 0 Å². The maximum Gasteiger partial charge on any atom is 0.320 e. The number of carboxylic acids is 1. The van der Waals surface area contributed by atoms with Crippen LogP contribution in [0.4, 0.5) is 5.69 Å². The molecule has 10 heteroatoms. The molecule has 2 fully saturated rings. The number of nitro groups is 1. The number of carbonyl (C=O) groups excluding carboxylic acids is 1. The highest BCUT2D eigenvalue weighted by molar-refractivity contribution is 5.73. The van der Waals surface area contributed by atoms with Crippen molar-refractivity contribution in [2.75, 3.05) is 33.2 Å². The quantitative estimate of drug-likeness (QED) is 0.116. The summed E-state index contributed by atoms with van der Waals surface area (Å²) in [5, 5.41) is 23.2. The van der Waals surface area contributed by atoms with Crippen molar-refractivity contribution in [2.24, 2.45) is 11.8 Å². The number of benzene rings is 2. The summed E-state index contributed by atoms with van der Waals surface area (Å²) >= 11 is 0. The van der Waals surface area contributed by atoms with Crippen molar-refractivity contribution in [1.29, 1.82) is 0 Å². The van der Waals surface area contributed by atoms with Crippen LogP contribution in [-0.2, 0) is 20.9 Å². The molecule has 2 aromatic carbocycles. The first kappa shape index (κ1) is 37.6. The SMILES string of the molecule is C=CCN(C)C1CCN(C[C@@H]2CCC(NC(C(=O)O)C(C)CC)C2)CC1.O=COCc1ccc([N+](=O)[O-])cc1.c1ccccc1. The second-order valence-corrected chi connectivity index (χ2v) is 12.0. The average molecular weight is 625 g/mol. The van der Waals surface area contributed by atoms with E-state index in [-0.39, 0.29) is 18.2 Å². The minimum Gasteiger partial charge on any atom is -0.480 e. The lowest BCUT2D eigenvalue weighted by Gasteiger charge is -2.37. The first-order valence-electron chi connectivity index (χ1n) is 16.0. The fraction of sp³-hybridized carbons (Fsp3) is 0.543. The third kappa shape index (κ3) is 14.4. The molecule has 0 spiro atoms. The van der Waals surface area contributed by atoms with Crippen molar-refractivity contribution in [3.63, 3.8) is 0 Å². The maximum absolute atomic E-state index is 11.5. The van der Waals surface area contributed by atoms with Crippen LogP contribution in [-0.4, -0.2) is 83.6 Å². The zero-order chi connectivity index (χ0) is 33.0. The summed E-state index contributed by atoms with van der Waals surface area (Å²) in [6, 6.07) is 18.5. The van der Waals surface area contributed by atoms with Gasteiger partial charge in [0.15, 0.2) is 0 Å². The molecule has 1 aliphatic carbocycles. The van der Waals surface area contributed by atoms with Gasteiger partial charge in [-0.3, -0.25) is 24.6 Å². The van der Waals surface area contributed by atoms with Crippen molar-refractivity contribution in [2.45, 2.75) is 77.1 Å². The number of carbonyl (C=O) groups is 2. The molecule has 3 unspecified atom stereocenters. The van der Waals surface area contributed by atoms with Gasteiger partial charge in [0.05, 0.1) is 4.92 Å². The summed E-state index contributed by atoms with van der Waals surface area (Å²) in [6.45, 7) is 12.9. The summed E-state index contributed by atoms with van der Waals surface area (Å²) in [5.41, 5.74) is 0.743. The predicted molar refractivity (Wildman–Crippen MR) is 178 cm³/mol. The molecule has 2 N–H and O–H groups in total. The molecule has 0 aromatic heterocycles. The highest BCUT2D eigenvalue weighted by Gasteiger charge is 2.32. The molecule has 4 atom stereocenters. The van der Waals surface area contributed by atoms with Crippen molar-refractivity contribution >= 4 is 18.1 Å². The van der Waals surface area contributed by atoms with Crippen LogP contribution in [0.25, 0.3) is 0 Å². The van der Waals surface area contributed by atoms with E-state index in [4.69, 9.17) is 0 Å². The molecular formula is C35H52N4O6. The molecule has 0 radical (unpaired) electrons. The van der Waals surface area contributed by atoms with E-state index in [1.54, 1.807) is 12.1 Å². The Hall–Kier alpha value is -3.60. The van der Waals surface area contributed by atoms with Crippen LogP contribution in [0.3, 0.4) is 0 Å². The van der Waals surface area contributed by atoms with Gasteiger partial charge in [0, 0.05) is 37.3 Å². The first-order valence-corrected chi connectivity index (χ1v) is 16.0. The molecule has 1 saturated heterocycles. The normalized spacial score (nSPS) is 19.6. The van der Waals surface area contributed by atoms with Crippen LogP contribution < -0.4 is 5.32 Å². The van der Waals surface area contributed by atoms with E-state index in [1.165, 1.54) is 51.0 Å². The summed E-state index contributed by atoms with van der Waals surface area (Å²) < 4.78 is 4.47. The summed E-state index contributed by atoms with van der Waals surface area (Å²) in [5.74, 6) is 0.188. The Morgan fingerprint density at radius 3 is 2.22 bits per heavy atom. The van der Waals surface area contributed by atoms with Crippen LogP contribution in [0.1, 0.15) is 57.9 Å². The number of likely N-dealkylation sites (tertiary alicyclic amines) is 1. The van der Waals surface area contributed by atoms with E-state index >= 15 is 0 Å². The second kappa shape index (κ2) is 21.2. The molecule has 1 aliphatic heterocycles. The molecule has 248 valence electrons. The van der Waals surface area contributed by atoms with Crippen LogP contribution in [0.2, 0.25) is 0 Å². The van der Waals surface area contributed by atoms with Gasteiger partial charge in [-0.05, 0) is 81.8 Å². The number of likely N-dealkylation sites (N-methyl/N-ethyl adjacent to an activating group) is 1. The van der Waals surface area contributed by atoms with Gasteiger partial charge in [-0.15, -0.1) is 6.58 Å². The number of nitrogens with one attached hydrogen (secondary N) is 1. The van der Waals surface area contributed by atoms with Crippen molar-refractivity contribution in [3.05, 3.63) is 89.0 Å². The van der Waals surface area contributed by atoms with Gasteiger partial charge in [0.1, 0.15) is 12.6 Å². The lowest BCUT2D eigenvalue weighted by Crippen LogP contribution is -2.46. The van der Waals surface area contributed by atoms with Crippen LogP contribution >= 0.6 is 0 Å². The molecule has 2 aromatic rings. The molecule has 2 aliphatic rings. The Morgan fingerprint density at radius 1 is 1.13 bits per heavy atom. The van der Waals surface area contributed by atoms with E-state index in [0.717, 1.165) is 31.4 Å². The van der Waals surface area contributed by atoms with Crippen molar-refractivity contribution in [3.8, 4) is 0 Å². The van der Waals surface area contributed by atoms with E-state index in [9.17, 15) is 24.8 Å². The Morgan fingerprint density at radius 2 is 1.73 bits per heavy atom. The van der Waals surface area contributed by atoms with Gasteiger partial charge in [-0.1, -0.05) is 62.7 Å². The Labute approximate surface area is 268 Å². The number of carboxylic acid groups (broad SMARTS) is 1. The molecule has 0 amide bonds. The highest BCUT2D eigenvalue weighted by atomic mass is 16.6. The summed E-state index contributed by atoms with van der Waals surface area (Å²) in [6.07, 6.45) is 8.83. The van der Waals surface area contributed by atoms with Crippen LogP contribution in [0.15, 0.2) is 73.3 Å². The summed E-state index contributed by atoms with van der Waals surface area (Å²) in [7, 11) is 2.20. The number of nitrogens with zero attached hydrogens (tertiary/aromatic N) is 3. The van der Waals surface area contributed by atoms with Gasteiger partial charge in [0.25, 0.3) is 12.2 Å². The molecule has 1 heterocycles. The number of piperidine rings is 1. The second-order valence-electron chi connectivity index (χ2n) is 12.0. The highest BCUT2D eigenvalue weighted by Crippen LogP contribution is 2.29. The van der Waals surface area contributed by atoms with E-state index in [0.29, 0.717) is 24.5 Å². The summed E-state index contributed by atoms with van der Waals surface area (Å²) in [4.78, 5) is 36.2. The molecule has 45 heavy (non-hydrogen) atoms. The minimum absolute atomic E-state index is 0.0230. The maximum atomic E-state index is 11.5. The fourth-order valence-corrected chi connectivity index (χ4v) is 5.85. The number of ether oxygens (including phenoxy) is 1. The van der Waals surface area contributed by atoms with Crippen molar-refractivity contribution in [1.82, 2.24) is 15.1 Å². The van der Waals surface area contributed by atoms with Crippen LogP contribution in [0, 0.1) is 22.0 Å². The van der Waals surface area contributed by atoms with Gasteiger partial charge < -0.3 is 20.1 Å². The first-order chi connectivity index (χ1) is 21.7. The van der Waals surface area contributed by atoms with Gasteiger partial charge in [-0.25, -0.2) is 0 Å². The fourth-order valence-electron chi connectivity index (χ4n) is 5.85. The lowest BCUT2D eigenvalue weighted by molar-refractivity contribution is -0.384. The van der Waals surface area contributed by atoms with Crippen molar-refractivity contribution < 1.29 is 24.4 Å². The Kier molecular flexibility index (Phi) is 17.7. The van der Waals surface area contributed by atoms with Gasteiger partial charge >= 0.3 is 5.97 Å². The predicted octanol–water partition coefficient (Wildman–Crippen LogP) is 5.78. The largest absolute Gasteiger partial charge is 0.480 e. The van der Waals surface area contributed by atoms with Crippen LogP contribution in [0.5, 0.6) is 0 Å². The van der Waals surface area contributed by atoms with E-state index in [2.05, 4.69) is 40.4 Å². The molecule has 1 saturated carbocycles. The minimum atomic E-state index is -0.700. The number of hydrogen-bond donors (Lipinski definition) is 2.